The molecule has 0 atom stereocenters. The Morgan fingerprint density at radius 2 is 1.74 bits per heavy atom. The van der Waals surface area contributed by atoms with E-state index in [0.717, 1.165) is 5.75 Å². The molecular formula is C15H15Cl2NO. The maximum Gasteiger partial charge on any atom is 0.132 e. The smallest absolute Gasteiger partial charge is 0.132 e. The summed E-state index contributed by atoms with van der Waals surface area (Å²) in [5.41, 5.74) is 1.92. The van der Waals surface area contributed by atoms with Crippen LogP contribution < -0.4 is 4.74 Å². The maximum absolute atomic E-state index is 6.03. The summed E-state index contributed by atoms with van der Waals surface area (Å²) in [4.78, 5) is 4.14. The summed E-state index contributed by atoms with van der Waals surface area (Å²) >= 11 is 11.9. The molecule has 0 saturated carbocycles. The fraction of sp³-hybridized carbons (Fsp3) is 0.267. The van der Waals surface area contributed by atoms with E-state index >= 15 is 0 Å². The largest absolute Gasteiger partial charge is 0.487 e. The van der Waals surface area contributed by atoms with E-state index in [1.807, 2.05) is 12.1 Å². The van der Waals surface area contributed by atoms with Crippen molar-refractivity contribution >= 4 is 23.2 Å². The summed E-state index contributed by atoms with van der Waals surface area (Å²) in [7, 11) is 0. The molecule has 2 nitrogen and oxygen atoms in total. The van der Waals surface area contributed by atoms with E-state index in [2.05, 4.69) is 31.0 Å². The van der Waals surface area contributed by atoms with Crippen molar-refractivity contribution in [2.45, 2.75) is 26.4 Å². The van der Waals surface area contributed by atoms with Gasteiger partial charge in [0.25, 0.3) is 0 Å². The molecule has 0 unspecified atom stereocenters. The van der Waals surface area contributed by atoms with Crippen molar-refractivity contribution < 1.29 is 4.74 Å². The van der Waals surface area contributed by atoms with Crippen LogP contribution in [0.1, 0.15) is 31.0 Å². The topological polar surface area (TPSA) is 22.1 Å². The molecule has 19 heavy (non-hydrogen) atoms. The average molecular weight is 296 g/mol. The van der Waals surface area contributed by atoms with Crippen LogP contribution in [0.5, 0.6) is 5.75 Å². The first kappa shape index (κ1) is 14.2. The fourth-order valence-electron chi connectivity index (χ4n) is 1.66. The third kappa shape index (κ3) is 3.85. The molecule has 1 heterocycles. The molecule has 0 aliphatic rings. The van der Waals surface area contributed by atoms with Crippen LogP contribution in [0.4, 0.5) is 0 Å². The Hall–Kier alpha value is -1.25. The molecule has 0 radical (unpaired) electrons. The summed E-state index contributed by atoms with van der Waals surface area (Å²) in [6.07, 6.45) is 0. The maximum atomic E-state index is 6.03. The number of benzene rings is 1. The van der Waals surface area contributed by atoms with Gasteiger partial charge in [0, 0.05) is 0 Å². The number of pyridine rings is 1. The van der Waals surface area contributed by atoms with Crippen molar-refractivity contribution in [3.63, 3.8) is 0 Å². The van der Waals surface area contributed by atoms with Crippen LogP contribution in [0.2, 0.25) is 10.2 Å². The highest BCUT2D eigenvalue weighted by Crippen LogP contribution is 2.21. The van der Waals surface area contributed by atoms with Crippen molar-refractivity contribution in [2.75, 3.05) is 0 Å². The molecule has 0 amide bonds. The minimum Gasteiger partial charge on any atom is -0.487 e. The van der Waals surface area contributed by atoms with E-state index in [-0.39, 0.29) is 0 Å². The van der Waals surface area contributed by atoms with E-state index in [1.165, 1.54) is 5.56 Å². The van der Waals surface area contributed by atoms with Crippen LogP contribution in [0.3, 0.4) is 0 Å². The lowest BCUT2D eigenvalue weighted by Gasteiger charge is -2.09. The molecule has 0 bridgehead atoms. The minimum absolute atomic E-state index is 0.306. The number of ether oxygens (including phenoxy) is 1. The van der Waals surface area contributed by atoms with Crippen molar-refractivity contribution in [1.82, 2.24) is 4.98 Å². The third-order valence-electron chi connectivity index (χ3n) is 2.81. The van der Waals surface area contributed by atoms with Crippen LogP contribution in [0.25, 0.3) is 0 Å². The van der Waals surface area contributed by atoms with Gasteiger partial charge in [-0.25, -0.2) is 4.98 Å². The zero-order valence-corrected chi connectivity index (χ0v) is 12.4. The van der Waals surface area contributed by atoms with E-state index < -0.39 is 0 Å². The Morgan fingerprint density at radius 3 is 2.37 bits per heavy atom. The van der Waals surface area contributed by atoms with Crippen molar-refractivity contribution in [3.05, 3.63) is 57.8 Å². The molecule has 1 aromatic heterocycles. The van der Waals surface area contributed by atoms with Gasteiger partial charge in [-0.3, -0.25) is 0 Å². The predicted molar refractivity (Wildman–Crippen MR) is 79.1 cm³/mol. The van der Waals surface area contributed by atoms with Crippen LogP contribution in [-0.2, 0) is 6.61 Å². The van der Waals surface area contributed by atoms with Gasteiger partial charge in [-0.2, -0.15) is 0 Å². The number of nitrogens with zero attached hydrogens (tertiary/aromatic N) is 1. The fourth-order valence-corrected chi connectivity index (χ4v) is 1.98. The second-order valence-corrected chi connectivity index (χ2v) is 5.37. The van der Waals surface area contributed by atoms with Crippen molar-refractivity contribution in [3.8, 4) is 5.75 Å². The van der Waals surface area contributed by atoms with Gasteiger partial charge < -0.3 is 4.74 Å². The molecule has 4 heteroatoms. The average Bonchev–Trinajstić information content (AvgIpc) is 2.40. The van der Waals surface area contributed by atoms with Crippen LogP contribution in [0, 0.1) is 0 Å². The monoisotopic (exact) mass is 295 g/mol. The molecule has 0 saturated heterocycles. The number of hydrogen-bond donors (Lipinski definition) is 0. The number of aromatic nitrogens is 1. The highest BCUT2D eigenvalue weighted by molar-refractivity contribution is 6.32. The third-order valence-corrected chi connectivity index (χ3v) is 3.36. The van der Waals surface area contributed by atoms with Gasteiger partial charge in [-0.05, 0) is 35.7 Å². The highest BCUT2D eigenvalue weighted by Gasteiger charge is 2.05. The Balaban J connectivity index is 2.04. The standard InChI is InChI=1S/C15H15Cl2NO/c1-10(2)11-3-5-12(6-4-11)19-9-14-13(16)7-8-15(17)18-14/h3-8,10H,9H2,1-2H3. The van der Waals surface area contributed by atoms with Gasteiger partial charge in [-0.1, -0.05) is 49.2 Å². The lowest BCUT2D eigenvalue weighted by Crippen LogP contribution is -1.99. The molecule has 0 spiro atoms. The first-order valence-electron chi connectivity index (χ1n) is 6.10. The summed E-state index contributed by atoms with van der Waals surface area (Å²) in [6.45, 7) is 4.62. The van der Waals surface area contributed by atoms with Gasteiger partial charge in [0.2, 0.25) is 0 Å². The minimum atomic E-state index is 0.306. The SMILES string of the molecule is CC(C)c1ccc(OCc2nc(Cl)ccc2Cl)cc1. The first-order chi connectivity index (χ1) is 9.06. The molecule has 100 valence electrons. The molecule has 2 aromatic rings. The molecule has 1 aromatic carbocycles. The summed E-state index contributed by atoms with van der Waals surface area (Å²) < 4.78 is 5.66. The van der Waals surface area contributed by atoms with E-state index in [4.69, 9.17) is 27.9 Å². The molecule has 0 aliphatic carbocycles. The van der Waals surface area contributed by atoms with E-state index in [1.54, 1.807) is 12.1 Å². The Labute approximate surface area is 123 Å². The molecule has 0 aliphatic heterocycles. The van der Waals surface area contributed by atoms with Gasteiger partial charge in [0.1, 0.15) is 17.5 Å². The zero-order valence-electron chi connectivity index (χ0n) is 10.9. The molecule has 0 fully saturated rings. The quantitative estimate of drug-likeness (QED) is 0.733. The molecule has 0 N–H and O–H groups in total. The number of hydrogen-bond acceptors (Lipinski definition) is 2. The van der Waals surface area contributed by atoms with Crippen molar-refractivity contribution in [1.29, 1.82) is 0 Å². The Morgan fingerprint density at radius 1 is 1.05 bits per heavy atom. The lowest BCUT2D eigenvalue weighted by molar-refractivity contribution is 0.301. The van der Waals surface area contributed by atoms with Gasteiger partial charge in [-0.15, -0.1) is 0 Å². The van der Waals surface area contributed by atoms with Gasteiger partial charge in [0.05, 0.1) is 10.7 Å². The van der Waals surface area contributed by atoms with Gasteiger partial charge >= 0.3 is 0 Å². The number of rotatable bonds is 4. The zero-order chi connectivity index (χ0) is 13.8. The molecular weight excluding hydrogens is 281 g/mol. The lowest BCUT2D eigenvalue weighted by atomic mass is 10.0. The van der Waals surface area contributed by atoms with Gasteiger partial charge in [0.15, 0.2) is 0 Å². The second-order valence-electron chi connectivity index (χ2n) is 4.57. The summed E-state index contributed by atoms with van der Waals surface area (Å²) in [5, 5.41) is 0.973. The molecule has 2 rings (SSSR count). The van der Waals surface area contributed by atoms with E-state index in [0.29, 0.717) is 28.4 Å². The predicted octanol–water partition coefficient (Wildman–Crippen LogP) is 5.09. The number of halogens is 2. The Bertz CT molecular complexity index is 553. The normalized spacial score (nSPS) is 10.8. The van der Waals surface area contributed by atoms with Crippen LogP contribution in [-0.4, -0.2) is 4.98 Å². The first-order valence-corrected chi connectivity index (χ1v) is 6.85. The summed E-state index contributed by atoms with van der Waals surface area (Å²) in [5.74, 6) is 1.31. The van der Waals surface area contributed by atoms with Crippen molar-refractivity contribution in [2.24, 2.45) is 0 Å². The second kappa shape index (κ2) is 6.27. The van der Waals surface area contributed by atoms with E-state index in [9.17, 15) is 0 Å². The van der Waals surface area contributed by atoms with Crippen LogP contribution in [0.15, 0.2) is 36.4 Å². The summed E-state index contributed by atoms with van der Waals surface area (Å²) in [6, 6.07) is 11.4. The van der Waals surface area contributed by atoms with Crippen LogP contribution >= 0.6 is 23.2 Å². The Kier molecular flexibility index (Phi) is 4.67. The highest BCUT2D eigenvalue weighted by atomic mass is 35.5.